The highest BCUT2D eigenvalue weighted by atomic mass is 79.9. The number of anilines is 1. The Morgan fingerprint density at radius 2 is 1.65 bits per heavy atom. The van der Waals surface area contributed by atoms with Crippen LogP contribution < -0.4 is 5.43 Å². The summed E-state index contributed by atoms with van der Waals surface area (Å²) in [5.41, 5.74) is 6.47. The maximum atomic E-state index is 13.2. The van der Waals surface area contributed by atoms with Crippen molar-refractivity contribution in [2.24, 2.45) is 0 Å². The van der Waals surface area contributed by atoms with Crippen LogP contribution in [0.1, 0.15) is 27.0 Å². The van der Waals surface area contributed by atoms with Crippen LogP contribution in [0.15, 0.2) is 53.0 Å². The monoisotopic (exact) mass is 567 g/mol. The first-order chi connectivity index (χ1) is 17.7. The van der Waals surface area contributed by atoms with Crippen molar-refractivity contribution in [3.8, 4) is 11.8 Å². The number of aromatic nitrogens is 2. The van der Waals surface area contributed by atoms with E-state index in [2.05, 4.69) is 26.3 Å². The second-order valence-corrected chi connectivity index (χ2v) is 10.2. The molecule has 2 aromatic carbocycles. The fourth-order valence-electron chi connectivity index (χ4n) is 4.58. The molecule has 0 spiro atoms. The van der Waals surface area contributed by atoms with Crippen LogP contribution in [-0.4, -0.2) is 61.8 Å². The van der Waals surface area contributed by atoms with Crippen molar-refractivity contribution in [3.63, 3.8) is 0 Å². The fourth-order valence-corrected chi connectivity index (χ4v) is 4.93. The van der Waals surface area contributed by atoms with Gasteiger partial charge in [0.2, 0.25) is 11.8 Å². The maximum absolute atomic E-state index is 13.2. The molecule has 1 aliphatic rings. The molecule has 10 heteroatoms. The molecule has 2 aromatic heterocycles. The van der Waals surface area contributed by atoms with Crippen LogP contribution in [0.3, 0.4) is 0 Å². The first-order valence-electron chi connectivity index (χ1n) is 11.9. The van der Waals surface area contributed by atoms with Crippen LogP contribution in [0.2, 0.25) is 0 Å². The summed E-state index contributed by atoms with van der Waals surface area (Å²) in [5.74, 6) is -0.128. The van der Waals surface area contributed by atoms with Gasteiger partial charge in [-0.1, -0.05) is 22.0 Å². The van der Waals surface area contributed by atoms with E-state index in [0.717, 1.165) is 20.9 Å². The van der Waals surface area contributed by atoms with Crippen molar-refractivity contribution in [1.82, 2.24) is 19.5 Å². The zero-order valence-corrected chi connectivity index (χ0v) is 22.1. The molecule has 0 radical (unpaired) electrons. The van der Waals surface area contributed by atoms with E-state index in [4.69, 9.17) is 4.98 Å². The Bertz CT molecular complexity index is 1450. The van der Waals surface area contributed by atoms with Crippen LogP contribution in [0.25, 0.3) is 10.9 Å². The van der Waals surface area contributed by atoms with Crippen molar-refractivity contribution in [2.75, 3.05) is 31.6 Å². The molecule has 0 atom stereocenters. The van der Waals surface area contributed by atoms with Crippen LogP contribution in [0.4, 0.5) is 10.2 Å². The summed E-state index contributed by atoms with van der Waals surface area (Å²) >= 11 is 3.51. The maximum Gasteiger partial charge on any atom is 0.253 e. The van der Waals surface area contributed by atoms with Crippen molar-refractivity contribution >= 4 is 38.6 Å². The van der Waals surface area contributed by atoms with Crippen molar-refractivity contribution in [1.29, 1.82) is 0 Å². The van der Waals surface area contributed by atoms with Crippen LogP contribution in [0, 0.1) is 19.7 Å². The van der Waals surface area contributed by atoms with Gasteiger partial charge in [-0.3, -0.25) is 15.1 Å². The Balaban J connectivity index is 1.36. The van der Waals surface area contributed by atoms with Crippen LogP contribution in [-0.2, 0) is 6.54 Å². The molecule has 0 aliphatic carbocycles. The largest absolute Gasteiger partial charge is 0.493 e. The molecule has 1 fully saturated rings. The molecule has 4 aromatic rings. The number of nitrogens with zero attached hydrogens (tertiary/aromatic N) is 4. The van der Waals surface area contributed by atoms with E-state index in [0.29, 0.717) is 55.2 Å². The molecule has 37 heavy (non-hydrogen) atoms. The second-order valence-electron chi connectivity index (χ2n) is 9.25. The summed E-state index contributed by atoms with van der Waals surface area (Å²) < 4.78 is 15.3. The molecule has 1 saturated heterocycles. The number of aromatic hydroxyl groups is 2. The first kappa shape index (κ1) is 25.0. The number of halogens is 2. The molecule has 8 nitrogen and oxygen atoms in total. The standard InChI is InChI=1S/C27H27BrFN5O3/c1-16-17(2)26(36)34(25(16)35)31-24-13-19(22-8-5-20(28)14-23(22)30-24)15-32-9-11-33(12-10-32)27(37)18-3-6-21(29)7-4-18/h3-8,13-14,35-36H,9-12,15H2,1-2H3,(H,30,31). The average Bonchev–Trinajstić information content (AvgIpc) is 3.07. The number of pyridine rings is 1. The van der Waals surface area contributed by atoms with Gasteiger partial charge in [-0.25, -0.2) is 9.37 Å². The number of rotatable bonds is 5. The topological polar surface area (TPSA) is 93.9 Å². The predicted molar refractivity (Wildman–Crippen MR) is 143 cm³/mol. The molecule has 192 valence electrons. The van der Waals surface area contributed by atoms with E-state index < -0.39 is 0 Å². The van der Waals surface area contributed by atoms with E-state index in [-0.39, 0.29) is 23.5 Å². The third-order valence-corrected chi connectivity index (χ3v) is 7.38. The van der Waals surface area contributed by atoms with Crippen LogP contribution >= 0.6 is 15.9 Å². The lowest BCUT2D eigenvalue weighted by atomic mass is 10.1. The number of nitrogens with one attached hydrogen (secondary N) is 1. The number of carbonyl (C=O) groups excluding carboxylic acids is 1. The third kappa shape index (κ3) is 4.99. The smallest absolute Gasteiger partial charge is 0.253 e. The lowest BCUT2D eigenvalue weighted by molar-refractivity contribution is 0.0629. The number of carbonyl (C=O) groups is 1. The minimum absolute atomic E-state index is 0.0744. The van der Waals surface area contributed by atoms with Crippen molar-refractivity contribution < 1.29 is 19.4 Å². The lowest BCUT2D eigenvalue weighted by Gasteiger charge is -2.35. The Morgan fingerprint density at radius 3 is 2.30 bits per heavy atom. The van der Waals surface area contributed by atoms with E-state index in [1.165, 1.54) is 28.9 Å². The molecule has 3 heterocycles. The van der Waals surface area contributed by atoms with E-state index >= 15 is 0 Å². The SMILES string of the molecule is Cc1c(C)c(O)n(Nc2cc(CN3CCN(C(=O)c4ccc(F)cc4)CC3)c3ccc(Br)cc3n2)c1O. The minimum atomic E-state index is -0.362. The number of piperazine rings is 1. The number of hydrogen-bond acceptors (Lipinski definition) is 6. The Hall–Kier alpha value is -3.63. The number of fused-ring (bicyclic) bond motifs is 1. The summed E-state index contributed by atoms with van der Waals surface area (Å²) in [6.07, 6.45) is 0. The summed E-state index contributed by atoms with van der Waals surface area (Å²) in [4.78, 5) is 21.6. The zero-order valence-electron chi connectivity index (χ0n) is 20.5. The van der Waals surface area contributed by atoms with Crippen LogP contribution in [0.5, 0.6) is 11.8 Å². The van der Waals surface area contributed by atoms with Gasteiger partial charge in [0.25, 0.3) is 5.91 Å². The summed E-state index contributed by atoms with van der Waals surface area (Å²) in [6.45, 7) is 6.62. The highest BCUT2D eigenvalue weighted by Crippen LogP contribution is 2.33. The number of amides is 1. The van der Waals surface area contributed by atoms with Gasteiger partial charge in [-0.15, -0.1) is 0 Å². The van der Waals surface area contributed by atoms with E-state index in [1.807, 2.05) is 24.3 Å². The average molecular weight is 568 g/mol. The molecule has 1 amide bonds. The molecule has 1 aliphatic heterocycles. The Kier molecular flexibility index (Phi) is 6.78. The number of hydrogen-bond donors (Lipinski definition) is 3. The molecule has 0 bridgehead atoms. The highest BCUT2D eigenvalue weighted by molar-refractivity contribution is 9.10. The minimum Gasteiger partial charge on any atom is -0.493 e. The van der Waals surface area contributed by atoms with Crippen molar-refractivity contribution in [2.45, 2.75) is 20.4 Å². The van der Waals surface area contributed by atoms with Gasteiger partial charge in [0.05, 0.1) is 5.52 Å². The van der Waals surface area contributed by atoms with Gasteiger partial charge in [0.1, 0.15) is 11.6 Å². The van der Waals surface area contributed by atoms with Gasteiger partial charge in [-0.05, 0) is 61.9 Å². The van der Waals surface area contributed by atoms with Gasteiger partial charge < -0.3 is 15.1 Å². The van der Waals surface area contributed by atoms with Crippen molar-refractivity contribution in [3.05, 3.63) is 81.1 Å². The molecule has 0 saturated carbocycles. The highest BCUT2D eigenvalue weighted by Gasteiger charge is 2.23. The molecular formula is C27H27BrFN5O3. The van der Waals surface area contributed by atoms with E-state index in [1.54, 1.807) is 18.7 Å². The molecular weight excluding hydrogens is 541 g/mol. The predicted octanol–water partition coefficient (Wildman–Crippen LogP) is 4.80. The normalized spacial score (nSPS) is 14.3. The third-order valence-electron chi connectivity index (χ3n) is 6.89. The first-order valence-corrected chi connectivity index (χ1v) is 12.7. The van der Waals surface area contributed by atoms with Gasteiger partial charge >= 0.3 is 0 Å². The molecule has 0 unspecified atom stereocenters. The summed E-state index contributed by atoms with van der Waals surface area (Å²) in [5, 5.41) is 21.9. The second kappa shape index (κ2) is 10.0. The number of benzene rings is 2. The lowest BCUT2D eigenvalue weighted by Crippen LogP contribution is -2.48. The Morgan fingerprint density at radius 1 is 1.00 bits per heavy atom. The van der Waals surface area contributed by atoms with Gasteiger partial charge in [-0.2, -0.15) is 4.68 Å². The Labute approximate surface area is 222 Å². The van der Waals surface area contributed by atoms with Gasteiger partial charge in [0, 0.05) is 59.3 Å². The molecule has 5 rings (SSSR count). The van der Waals surface area contributed by atoms with E-state index in [9.17, 15) is 19.4 Å². The quantitative estimate of drug-likeness (QED) is 0.321. The zero-order chi connectivity index (χ0) is 26.3. The van der Waals surface area contributed by atoms with Gasteiger partial charge in [0.15, 0.2) is 0 Å². The summed E-state index contributed by atoms with van der Waals surface area (Å²) in [7, 11) is 0. The molecule has 3 N–H and O–H groups in total. The summed E-state index contributed by atoms with van der Waals surface area (Å²) in [6, 6.07) is 13.5. The fraction of sp³-hybridized carbons (Fsp3) is 0.259.